The Bertz CT molecular complexity index is 349. The van der Waals surface area contributed by atoms with Crippen LogP contribution in [0, 0.1) is 20.8 Å². The van der Waals surface area contributed by atoms with Crippen LogP contribution in [-0.2, 0) is 4.79 Å². The number of rotatable bonds is 4. The number of anilines is 1. The molecule has 82 valence electrons. The molecule has 1 rings (SSSR count). The molecule has 0 atom stereocenters. The fourth-order valence-electron chi connectivity index (χ4n) is 1.75. The van der Waals surface area contributed by atoms with Crippen LogP contribution in [0.1, 0.15) is 23.1 Å². The maximum atomic E-state index is 10.4. The Morgan fingerprint density at radius 2 is 1.80 bits per heavy atom. The number of nitrogens with one attached hydrogen (secondary N) is 1. The number of aliphatic carboxylic acids is 1. The van der Waals surface area contributed by atoms with Gasteiger partial charge in [0.05, 0.1) is 6.42 Å². The van der Waals surface area contributed by atoms with Crippen LogP contribution in [0.4, 0.5) is 5.69 Å². The second kappa shape index (κ2) is 4.82. The van der Waals surface area contributed by atoms with Gasteiger partial charge in [0, 0.05) is 12.2 Å². The van der Waals surface area contributed by atoms with Crippen LogP contribution in [0.5, 0.6) is 0 Å². The Morgan fingerprint density at radius 3 is 2.27 bits per heavy atom. The number of carboxylic acids is 1. The highest BCUT2D eigenvalue weighted by atomic mass is 16.4. The highest BCUT2D eigenvalue weighted by Gasteiger charge is 2.03. The summed E-state index contributed by atoms with van der Waals surface area (Å²) in [6, 6.07) is 4.19. The van der Waals surface area contributed by atoms with Crippen molar-refractivity contribution in [1.82, 2.24) is 0 Å². The normalized spacial score (nSPS) is 10.1. The van der Waals surface area contributed by atoms with E-state index in [1.807, 2.05) is 13.8 Å². The lowest BCUT2D eigenvalue weighted by Gasteiger charge is -2.12. The highest BCUT2D eigenvalue weighted by Crippen LogP contribution is 2.21. The molecule has 0 aliphatic heterocycles. The fraction of sp³-hybridized carbons (Fsp3) is 0.417. The monoisotopic (exact) mass is 207 g/mol. The Labute approximate surface area is 90.1 Å². The first-order valence-electron chi connectivity index (χ1n) is 5.04. The molecule has 0 saturated heterocycles. The van der Waals surface area contributed by atoms with Crippen LogP contribution in [0.3, 0.4) is 0 Å². The van der Waals surface area contributed by atoms with Gasteiger partial charge in [-0.25, -0.2) is 0 Å². The zero-order valence-electron chi connectivity index (χ0n) is 9.42. The van der Waals surface area contributed by atoms with Crippen LogP contribution < -0.4 is 5.32 Å². The lowest BCUT2D eigenvalue weighted by molar-refractivity contribution is -0.136. The zero-order valence-corrected chi connectivity index (χ0v) is 9.42. The van der Waals surface area contributed by atoms with Crippen molar-refractivity contribution in [2.45, 2.75) is 27.2 Å². The van der Waals surface area contributed by atoms with E-state index in [1.165, 1.54) is 5.56 Å². The molecule has 0 heterocycles. The Hall–Kier alpha value is -1.51. The smallest absolute Gasteiger partial charge is 0.305 e. The van der Waals surface area contributed by atoms with Gasteiger partial charge in [-0.15, -0.1) is 0 Å². The fourth-order valence-corrected chi connectivity index (χ4v) is 1.75. The predicted molar refractivity (Wildman–Crippen MR) is 61.4 cm³/mol. The number of carboxylic acid groups (broad SMARTS) is 1. The summed E-state index contributed by atoms with van der Waals surface area (Å²) >= 11 is 0. The van der Waals surface area contributed by atoms with E-state index < -0.39 is 5.97 Å². The molecule has 0 aromatic heterocycles. The van der Waals surface area contributed by atoms with E-state index in [-0.39, 0.29) is 6.42 Å². The third-order valence-corrected chi connectivity index (χ3v) is 2.32. The summed E-state index contributed by atoms with van der Waals surface area (Å²) in [6.07, 6.45) is 0.146. The molecular weight excluding hydrogens is 190 g/mol. The van der Waals surface area contributed by atoms with Crippen LogP contribution in [0.15, 0.2) is 12.1 Å². The molecule has 0 aliphatic rings. The molecule has 3 heteroatoms. The molecule has 15 heavy (non-hydrogen) atoms. The molecule has 0 aliphatic carbocycles. The minimum absolute atomic E-state index is 0.146. The maximum absolute atomic E-state index is 10.4. The van der Waals surface area contributed by atoms with Gasteiger partial charge in [-0.05, 0) is 31.9 Å². The molecule has 0 amide bonds. The molecule has 1 aromatic carbocycles. The molecule has 0 fully saturated rings. The molecule has 1 aromatic rings. The summed E-state index contributed by atoms with van der Waals surface area (Å²) in [4.78, 5) is 10.4. The van der Waals surface area contributed by atoms with Crippen molar-refractivity contribution in [3.63, 3.8) is 0 Å². The van der Waals surface area contributed by atoms with Crippen molar-refractivity contribution in [2.75, 3.05) is 11.9 Å². The quantitative estimate of drug-likeness (QED) is 0.797. The Balaban J connectivity index is 2.72. The van der Waals surface area contributed by atoms with Crippen molar-refractivity contribution >= 4 is 11.7 Å². The molecule has 2 N–H and O–H groups in total. The second-order valence-corrected chi connectivity index (χ2v) is 3.84. The van der Waals surface area contributed by atoms with E-state index in [0.717, 1.165) is 16.8 Å². The van der Waals surface area contributed by atoms with Gasteiger partial charge in [0.15, 0.2) is 0 Å². The number of benzene rings is 1. The number of hydrogen-bond acceptors (Lipinski definition) is 2. The molecule has 3 nitrogen and oxygen atoms in total. The summed E-state index contributed by atoms with van der Waals surface area (Å²) < 4.78 is 0. The van der Waals surface area contributed by atoms with E-state index in [4.69, 9.17) is 5.11 Å². The number of hydrogen-bond donors (Lipinski definition) is 2. The van der Waals surface area contributed by atoms with Crippen LogP contribution in [0.25, 0.3) is 0 Å². The first-order chi connectivity index (χ1) is 7.00. The second-order valence-electron chi connectivity index (χ2n) is 3.84. The van der Waals surface area contributed by atoms with E-state index in [9.17, 15) is 4.79 Å². The van der Waals surface area contributed by atoms with Crippen molar-refractivity contribution < 1.29 is 9.90 Å². The largest absolute Gasteiger partial charge is 0.481 e. The van der Waals surface area contributed by atoms with Crippen molar-refractivity contribution in [2.24, 2.45) is 0 Å². The van der Waals surface area contributed by atoms with Crippen LogP contribution >= 0.6 is 0 Å². The third-order valence-electron chi connectivity index (χ3n) is 2.32. The molecule has 0 radical (unpaired) electrons. The standard InChI is InChI=1S/C12H17NO2/c1-8-6-9(2)12(10(3)7-8)13-5-4-11(14)15/h6-7,13H,4-5H2,1-3H3,(H,14,15). The zero-order chi connectivity index (χ0) is 11.4. The molecule has 0 bridgehead atoms. The number of carbonyl (C=O) groups is 1. The van der Waals surface area contributed by atoms with Gasteiger partial charge in [-0.1, -0.05) is 17.7 Å². The summed E-state index contributed by atoms with van der Waals surface area (Å²) in [5, 5.41) is 11.7. The summed E-state index contributed by atoms with van der Waals surface area (Å²) in [6.45, 7) is 6.59. The summed E-state index contributed by atoms with van der Waals surface area (Å²) in [5.74, 6) is -0.773. The van der Waals surface area contributed by atoms with Crippen LogP contribution in [-0.4, -0.2) is 17.6 Å². The summed E-state index contributed by atoms with van der Waals surface area (Å²) in [5.41, 5.74) is 4.62. The van der Waals surface area contributed by atoms with Gasteiger partial charge < -0.3 is 10.4 Å². The van der Waals surface area contributed by atoms with Gasteiger partial charge >= 0.3 is 5.97 Å². The average molecular weight is 207 g/mol. The minimum atomic E-state index is -0.773. The van der Waals surface area contributed by atoms with Gasteiger partial charge in [0.25, 0.3) is 0 Å². The van der Waals surface area contributed by atoms with Crippen molar-refractivity contribution in [3.8, 4) is 0 Å². The minimum Gasteiger partial charge on any atom is -0.481 e. The van der Waals surface area contributed by atoms with E-state index in [1.54, 1.807) is 0 Å². The molecule has 0 spiro atoms. The van der Waals surface area contributed by atoms with Gasteiger partial charge in [0.2, 0.25) is 0 Å². The third kappa shape index (κ3) is 3.27. The molecule has 0 saturated carbocycles. The van der Waals surface area contributed by atoms with E-state index in [2.05, 4.69) is 24.4 Å². The highest BCUT2D eigenvalue weighted by molar-refractivity contribution is 5.68. The van der Waals surface area contributed by atoms with Crippen LogP contribution in [0.2, 0.25) is 0 Å². The first-order valence-corrected chi connectivity index (χ1v) is 5.04. The molecule has 0 unspecified atom stereocenters. The lowest BCUT2D eigenvalue weighted by atomic mass is 10.1. The maximum Gasteiger partial charge on any atom is 0.305 e. The first kappa shape index (κ1) is 11.6. The average Bonchev–Trinajstić information content (AvgIpc) is 2.08. The SMILES string of the molecule is Cc1cc(C)c(NCCC(=O)O)c(C)c1. The van der Waals surface area contributed by atoms with Gasteiger partial charge in [-0.3, -0.25) is 4.79 Å². The summed E-state index contributed by atoms with van der Waals surface area (Å²) in [7, 11) is 0. The number of aryl methyl sites for hydroxylation is 3. The van der Waals surface area contributed by atoms with Gasteiger partial charge in [0.1, 0.15) is 0 Å². The Kier molecular flexibility index (Phi) is 3.72. The van der Waals surface area contributed by atoms with Crippen molar-refractivity contribution in [1.29, 1.82) is 0 Å². The topological polar surface area (TPSA) is 49.3 Å². The van der Waals surface area contributed by atoms with E-state index in [0.29, 0.717) is 6.54 Å². The van der Waals surface area contributed by atoms with E-state index >= 15 is 0 Å². The molecular formula is C12H17NO2. The Morgan fingerprint density at radius 1 is 1.27 bits per heavy atom. The van der Waals surface area contributed by atoms with Crippen molar-refractivity contribution in [3.05, 3.63) is 28.8 Å². The predicted octanol–water partition coefficient (Wildman–Crippen LogP) is 2.50. The lowest BCUT2D eigenvalue weighted by Crippen LogP contribution is -2.09. The van der Waals surface area contributed by atoms with Gasteiger partial charge in [-0.2, -0.15) is 0 Å².